The molecule has 19 heavy (non-hydrogen) atoms. The molecule has 2 rings (SSSR count). The van der Waals surface area contributed by atoms with Gasteiger partial charge in [0.25, 0.3) is 0 Å². The van der Waals surface area contributed by atoms with Gasteiger partial charge in [-0.15, -0.1) is 0 Å². The van der Waals surface area contributed by atoms with Gasteiger partial charge in [0.05, 0.1) is 11.5 Å². The average molecular weight is 277 g/mol. The van der Waals surface area contributed by atoms with Gasteiger partial charge in [0, 0.05) is 16.4 Å². The van der Waals surface area contributed by atoms with Crippen molar-refractivity contribution < 1.29 is 10.0 Å². The van der Waals surface area contributed by atoms with Crippen molar-refractivity contribution in [1.29, 1.82) is 0 Å². The van der Waals surface area contributed by atoms with E-state index >= 15 is 0 Å². The lowest BCUT2D eigenvalue weighted by Crippen LogP contribution is -2.17. The molecule has 2 aromatic rings. The van der Waals surface area contributed by atoms with E-state index in [1.54, 1.807) is 6.07 Å². The fourth-order valence-electron chi connectivity index (χ4n) is 1.93. The van der Waals surface area contributed by atoms with Crippen LogP contribution >= 0.6 is 11.3 Å². The molecule has 0 fully saturated rings. The molecule has 0 aliphatic heterocycles. The van der Waals surface area contributed by atoms with Gasteiger partial charge < -0.3 is 5.11 Å². The van der Waals surface area contributed by atoms with Crippen LogP contribution in [-0.4, -0.2) is 10.0 Å². The Kier molecular flexibility index (Phi) is 3.68. The summed E-state index contributed by atoms with van der Waals surface area (Å²) in [7, 11) is 0. The van der Waals surface area contributed by atoms with Gasteiger partial charge in [0.2, 0.25) is 0 Å². The minimum Gasteiger partial charge on any atom is -0.392 e. The maximum atomic E-state index is 10.7. The van der Waals surface area contributed by atoms with Crippen molar-refractivity contribution in [2.24, 2.45) is 0 Å². The van der Waals surface area contributed by atoms with E-state index in [9.17, 15) is 10.1 Å². The summed E-state index contributed by atoms with van der Waals surface area (Å²) in [5, 5.41) is 20.0. The van der Waals surface area contributed by atoms with Crippen LogP contribution in [-0.2, 0) is 12.0 Å². The highest BCUT2D eigenvalue weighted by atomic mass is 32.1. The van der Waals surface area contributed by atoms with Gasteiger partial charge in [-0.2, -0.15) is 0 Å². The third-order valence-electron chi connectivity index (χ3n) is 3.25. The molecule has 0 radical (unpaired) electrons. The highest BCUT2D eigenvalue weighted by Crippen LogP contribution is 2.38. The summed E-state index contributed by atoms with van der Waals surface area (Å²) >= 11 is 1.20. The molecule has 100 valence electrons. The predicted octanol–water partition coefficient (Wildman–Crippen LogP) is 3.47. The Morgan fingerprint density at radius 2 is 1.84 bits per heavy atom. The average Bonchev–Trinajstić information content (AvgIpc) is 2.89. The molecule has 0 aliphatic carbocycles. The van der Waals surface area contributed by atoms with Gasteiger partial charge in [-0.3, -0.25) is 10.1 Å². The van der Waals surface area contributed by atoms with E-state index in [-0.39, 0.29) is 21.9 Å². The van der Waals surface area contributed by atoms with Gasteiger partial charge in [0.1, 0.15) is 0 Å². The van der Waals surface area contributed by atoms with Crippen LogP contribution in [0.1, 0.15) is 29.9 Å². The molecule has 0 amide bonds. The second-order valence-electron chi connectivity index (χ2n) is 4.88. The van der Waals surface area contributed by atoms with E-state index in [4.69, 9.17) is 5.11 Å². The molecule has 5 heteroatoms. The summed E-state index contributed by atoms with van der Waals surface area (Å²) in [6.07, 6.45) is 0. The predicted molar refractivity (Wildman–Crippen MR) is 75.5 cm³/mol. The normalized spacial score (nSPS) is 11.5. The first kappa shape index (κ1) is 13.7. The smallest absolute Gasteiger partial charge is 0.324 e. The molecule has 1 aromatic carbocycles. The van der Waals surface area contributed by atoms with E-state index in [0.717, 1.165) is 16.0 Å². The van der Waals surface area contributed by atoms with Crippen molar-refractivity contribution in [2.75, 3.05) is 0 Å². The topological polar surface area (TPSA) is 63.4 Å². The van der Waals surface area contributed by atoms with Gasteiger partial charge >= 0.3 is 5.00 Å². The van der Waals surface area contributed by atoms with Crippen LogP contribution in [0.15, 0.2) is 36.4 Å². The molecule has 0 saturated carbocycles. The number of aliphatic hydroxyl groups excluding tert-OH is 1. The summed E-state index contributed by atoms with van der Waals surface area (Å²) in [6, 6.07) is 11.0. The quantitative estimate of drug-likeness (QED) is 0.687. The third-order valence-corrected chi connectivity index (χ3v) is 4.61. The number of thiophene rings is 1. The van der Waals surface area contributed by atoms with E-state index in [1.165, 1.54) is 11.3 Å². The lowest BCUT2D eigenvalue weighted by atomic mass is 9.83. The minimum absolute atomic E-state index is 0.0190. The molecule has 0 saturated heterocycles. The summed E-state index contributed by atoms with van der Waals surface area (Å²) in [6.45, 7) is 4.10. The molecule has 0 aliphatic rings. The Bertz CT molecular complexity index is 587. The van der Waals surface area contributed by atoms with Crippen molar-refractivity contribution in [2.45, 2.75) is 25.9 Å². The van der Waals surface area contributed by atoms with Crippen LogP contribution in [0.3, 0.4) is 0 Å². The number of hydrogen-bond acceptors (Lipinski definition) is 4. The molecular formula is C14H15NO3S. The standard InChI is InChI=1S/C14H15NO3S/c1-14(2,11-5-3-10(9-16)4-6-11)12-7-8-13(19-12)15(17)18/h3-8,16H,9H2,1-2H3. The van der Waals surface area contributed by atoms with Gasteiger partial charge in [0.15, 0.2) is 0 Å². The lowest BCUT2D eigenvalue weighted by Gasteiger charge is -2.23. The zero-order valence-corrected chi connectivity index (χ0v) is 11.6. The molecule has 0 atom stereocenters. The molecular weight excluding hydrogens is 262 g/mol. The zero-order chi connectivity index (χ0) is 14.0. The number of rotatable bonds is 4. The first-order valence-electron chi connectivity index (χ1n) is 5.90. The van der Waals surface area contributed by atoms with Crippen LogP contribution in [0.4, 0.5) is 5.00 Å². The van der Waals surface area contributed by atoms with Crippen LogP contribution < -0.4 is 0 Å². The first-order chi connectivity index (χ1) is 8.95. The van der Waals surface area contributed by atoms with Gasteiger partial charge in [-0.1, -0.05) is 49.4 Å². The molecule has 4 nitrogen and oxygen atoms in total. The SMILES string of the molecule is CC(C)(c1ccc(CO)cc1)c1ccc([N+](=O)[O-])s1. The first-order valence-corrected chi connectivity index (χ1v) is 6.72. The highest BCUT2D eigenvalue weighted by Gasteiger charge is 2.26. The highest BCUT2D eigenvalue weighted by molar-refractivity contribution is 7.15. The number of hydrogen-bond donors (Lipinski definition) is 1. The van der Waals surface area contributed by atoms with E-state index in [2.05, 4.69) is 0 Å². The van der Waals surface area contributed by atoms with Crippen molar-refractivity contribution in [1.82, 2.24) is 0 Å². The molecule has 0 unspecified atom stereocenters. The van der Waals surface area contributed by atoms with Crippen LogP contribution in [0.5, 0.6) is 0 Å². The van der Waals surface area contributed by atoms with E-state index in [0.29, 0.717) is 0 Å². The Hall–Kier alpha value is -1.72. The summed E-state index contributed by atoms with van der Waals surface area (Å²) in [5.41, 5.74) is 1.64. The number of aliphatic hydroxyl groups is 1. The molecule has 0 bridgehead atoms. The fourth-order valence-corrected chi connectivity index (χ4v) is 2.88. The summed E-state index contributed by atoms with van der Waals surface area (Å²) in [4.78, 5) is 11.3. The van der Waals surface area contributed by atoms with Crippen LogP contribution in [0, 0.1) is 10.1 Å². The Balaban J connectivity index is 2.36. The largest absolute Gasteiger partial charge is 0.392 e. The Morgan fingerprint density at radius 1 is 1.21 bits per heavy atom. The summed E-state index contributed by atoms with van der Waals surface area (Å²) in [5.74, 6) is 0. The van der Waals surface area contributed by atoms with Crippen molar-refractivity contribution in [3.8, 4) is 0 Å². The molecule has 1 aromatic heterocycles. The molecule has 1 heterocycles. The molecule has 0 spiro atoms. The Morgan fingerprint density at radius 3 is 2.32 bits per heavy atom. The lowest BCUT2D eigenvalue weighted by molar-refractivity contribution is -0.380. The maximum absolute atomic E-state index is 10.7. The monoisotopic (exact) mass is 277 g/mol. The summed E-state index contributed by atoms with van der Waals surface area (Å²) < 4.78 is 0. The van der Waals surface area contributed by atoms with E-state index < -0.39 is 0 Å². The van der Waals surface area contributed by atoms with Gasteiger partial charge in [-0.25, -0.2) is 0 Å². The van der Waals surface area contributed by atoms with Crippen LogP contribution in [0.25, 0.3) is 0 Å². The third kappa shape index (κ3) is 2.67. The number of nitro groups is 1. The van der Waals surface area contributed by atoms with Gasteiger partial charge in [-0.05, 0) is 17.2 Å². The number of benzene rings is 1. The zero-order valence-electron chi connectivity index (χ0n) is 10.8. The van der Waals surface area contributed by atoms with Crippen molar-refractivity contribution >= 4 is 16.3 Å². The van der Waals surface area contributed by atoms with E-state index in [1.807, 2.05) is 44.2 Å². The Labute approximate surface area is 115 Å². The van der Waals surface area contributed by atoms with Crippen molar-refractivity contribution in [3.05, 3.63) is 62.5 Å². The molecule has 1 N–H and O–H groups in total. The maximum Gasteiger partial charge on any atom is 0.324 e. The second kappa shape index (κ2) is 5.11. The van der Waals surface area contributed by atoms with Crippen LogP contribution in [0.2, 0.25) is 0 Å². The number of nitrogens with zero attached hydrogens (tertiary/aromatic N) is 1. The minimum atomic E-state index is -0.362. The second-order valence-corrected chi connectivity index (χ2v) is 5.94. The van der Waals surface area contributed by atoms with Crippen molar-refractivity contribution in [3.63, 3.8) is 0 Å². The fraction of sp³-hybridized carbons (Fsp3) is 0.286.